The molecule has 104 valence electrons. The molecule has 2 aliphatic rings. The first-order valence-electron chi connectivity index (χ1n) is 6.89. The van der Waals surface area contributed by atoms with Crippen LogP contribution in [0.25, 0.3) is 0 Å². The molecular formula is C14H25NO3. The zero-order valence-electron chi connectivity index (χ0n) is 11.7. The molecule has 18 heavy (non-hydrogen) atoms. The minimum atomic E-state index is -0.252. The molecule has 2 fully saturated rings. The molecule has 0 aliphatic heterocycles. The van der Waals surface area contributed by atoms with Gasteiger partial charge in [0, 0.05) is 12.0 Å². The largest absolute Gasteiger partial charge is 0.460 e. The van der Waals surface area contributed by atoms with Gasteiger partial charge >= 0.3 is 5.97 Å². The third-order valence-corrected chi connectivity index (χ3v) is 5.47. The van der Waals surface area contributed by atoms with Crippen LogP contribution in [0.5, 0.6) is 0 Å². The lowest BCUT2D eigenvalue weighted by Gasteiger charge is -2.38. The van der Waals surface area contributed by atoms with Gasteiger partial charge in [-0.3, -0.25) is 0 Å². The molecule has 0 saturated heterocycles. The highest BCUT2D eigenvalue weighted by atomic mass is 16.6. The monoisotopic (exact) mass is 255 g/mol. The summed E-state index contributed by atoms with van der Waals surface area (Å²) in [6.45, 7) is 7.75. The van der Waals surface area contributed by atoms with Gasteiger partial charge in [0.15, 0.2) is 0 Å². The van der Waals surface area contributed by atoms with Crippen molar-refractivity contribution in [3.8, 4) is 0 Å². The quantitative estimate of drug-likeness (QED) is 0.600. The van der Waals surface area contributed by atoms with E-state index in [-0.39, 0.29) is 29.5 Å². The summed E-state index contributed by atoms with van der Waals surface area (Å²) in [6, 6.07) is 0. The maximum Gasteiger partial charge on any atom is 0.332 e. The van der Waals surface area contributed by atoms with Gasteiger partial charge in [0.05, 0.1) is 6.61 Å². The first-order chi connectivity index (χ1) is 8.41. The Morgan fingerprint density at radius 2 is 2.11 bits per heavy atom. The molecule has 3 unspecified atom stereocenters. The van der Waals surface area contributed by atoms with E-state index >= 15 is 0 Å². The van der Waals surface area contributed by atoms with Gasteiger partial charge in [-0.05, 0) is 30.6 Å². The molecule has 2 rings (SSSR count). The van der Waals surface area contributed by atoms with Gasteiger partial charge in [-0.1, -0.05) is 20.8 Å². The van der Waals surface area contributed by atoms with Gasteiger partial charge in [-0.15, -0.1) is 0 Å². The Morgan fingerprint density at radius 1 is 1.39 bits per heavy atom. The Hall–Kier alpha value is -0.610. The summed E-state index contributed by atoms with van der Waals surface area (Å²) in [5.41, 5.74) is 5.71. The lowest BCUT2D eigenvalue weighted by molar-refractivity contribution is -0.162. The topological polar surface area (TPSA) is 61.5 Å². The summed E-state index contributed by atoms with van der Waals surface area (Å²) in [7, 11) is 0. The summed E-state index contributed by atoms with van der Waals surface area (Å²) in [6.07, 6.45) is 3.49. The molecular weight excluding hydrogens is 230 g/mol. The summed E-state index contributed by atoms with van der Waals surface area (Å²) in [5.74, 6) is 0.434. The summed E-state index contributed by atoms with van der Waals surface area (Å²) < 4.78 is 10.7. The number of hydrogen-bond acceptors (Lipinski definition) is 4. The van der Waals surface area contributed by atoms with Crippen molar-refractivity contribution >= 4 is 5.97 Å². The molecule has 2 N–H and O–H groups in total. The predicted octanol–water partition coefficient (Wildman–Crippen LogP) is 1.72. The molecule has 0 aromatic rings. The zero-order valence-corrected chi connectivity index (χ0v) is 11.7. The van der Waals surface area contributed by atoms with Crippen LogP contribution in [0.15, 0.2) is 0 Å². The second kappa shape index (κ2) is 4.82. The Bertz CT molecular complexity index is 329. The molecule has 4 heteroatoms. The lowest BCUT2D eigenvalue weighted by Crippen LogP contribution is -2.39. The third kappa shape index (κ3) is 2.05. The standard InChI is InChI=1S/C14H25NO3/c1-13(2)10-4-5-14(13,3)11(8-10)18-12(16)9-17-7-6-15/h10-11H,4-9,15H2,1-3H3. The average molecular weight is 255 g/mol. The van der Waals surface area contributed by atoms with Crippen molar-refractivity contribution in [2.75, 3.05) is 19.8 Å². The van der Waals surface area contributed by atoms with E-state index in [9.17, 15) is 4.79 Å². The smallest absolute Gasteiger partial charge is 0.332 e. The van der Waals surface area contributed by atoms with E-state index in [1.54, 1.807) is 0 Å². The normalized spacial score (nSPS) is 36.9. The van der Waals surface area contributed by atoms with Crippen molar-refractivity contribution in [3.05, 3.63) is 0 Å². The van der Waals surface area contributed by atoms with Crippen LogP contribution in [-0.4, -0.2) is 31.8 Å². The molecule has 0 aromatic carbocycles. The number of esters is 1. The average Bonchev–Trinajstić information content (AvgIpc) is 2.62. The van der Waals surface area contributed by atoms with Gasteiger partial charge in [-0.2, -0.15) is 0 Å². The minimum absolute atomic E-state index is 0.0227. The fourth-order valence-corrected chi connectivity index (χ4v) is 3.74. The molecule has 0 aromatic heterocycles. The van der Waals surface area contributed by atoms with Crippen molar-refractivity contribution in [1.29, 1.82) is 0 Å². The Labute approximate surface area is 109 Å². The first-order valence-corrected chi connectivity index (χ1v) is 6.89. The summed E-state index contributed by atoms with van der Waals surface area (Å²) in [5, 5.41) is 0. The lowest BCUT2D eigenvalue weighted by atomic mass is 9.70. The molecule has 2 bridgehead atoms. The van der Waals surface area contributed by atoms with E-state index in [1.807, 2.05) is 0 Å². The van der Waals surface area contributed by atoms with Crippen molar-refractivity contribution in [1.82, 2.24) is 0 Å². The molecule has 2 saturated carbocycles. The SMILES string of the molecule is CC1(C)C2CCC1(C)C(OC(=O)COCCN)C2. The highest BCUT2D eigenvalue weighted by Crippen LogP contribution is 2.66. The number of ether oxygens (including phenoxy) is 2. The number of carbonyl (C=O) groups excluding carboxylic acids is 1. The zero-order chi connectivity index (χ0) is 13.4. The fourth-order valence-electron chi connectivity index (χ4n) is 3.74. The van der Waals surface area contributed by atoms with Gasteiger partial charge in [0.2, 0.25) is 0 Å². The molecule has 0 spiro atoms. The number of nitrogens with two attached hydrogens (primary N) is 1. The van der Waals surface area contributed by atoms with Crippen LogP contribution in [0.3, 0.4) is 0 Å². The fraction of sp³-hybridized carbons (Fsp3) is 0.929. The number of rotatable bonds is 5. The van der Waals surface area contributed by atoms with Gasteiger partial charge in [0.25, 0.3) is 0 Å². The van der Waals surface area contributed by atoms with Gasteiger partial charge in [0.1, 0.15) is 12.7 Å². The van der Waals surface area contributed by atoms with E-state index in [0.717, 1.165) is 12.8 Å². The van der Waals surface area contributed by atoms with E-state index < -0.39 is 0 Å². The molecule has 0 radical (unpaired) electrons. The maximum atomic E-state index is 11.7. The highest BCUT2D eigenvalue weighted by molar-refractivity contribution is 5.71. The summed E-state index contributed by atoms with van der Waals surface area (Å²) >= 11 is 0. The van der Waals surface area contributed by atoms with E-state index in [4.69, 9.17) is 15.2 Å². The van der Waals surface area contributed by atoms with E-state index in [1.165, 1.54) is 6.42 Å². The summed E-state index contributed by atoms with van der Waals surface area (Å²) in [4.78, 5) is 11.7. The number of fused-ring (bicyclic) bond motifs is 2. The van der Waals surface area contributed by atoms with Gasteiger partial charge < -0.3 is 15.2 Å². The van der Waals surface area contributed by atoms with Crippen LogP contribution in [0, 0.1) is 16.7 Å². The highest BCUT2D eigenvalue weighted by Gasteiger charge is 2.62. The van der Waals surface area contributed by atoms with E-state index in [0.29, 0.717) is 19.1 Å². The Balaban J connectivity index is 1.90. The molecule has 3 atom stereocenters. The molecule has 0 heterocycles. The van der Waals surface area contributed by atoms with Crippen LogP contribution in [-0.2, 0) is 14.3 Å². The van der Waals surface area contributed by atoms with Crippen molar-refractivity contribution in [3.63, 3.8) is 0 Å². The molecule has 0 amide bonds. The second-order valence-electron chi connectivity index (χ2n) is 6.43. The molecule has 2 aliphatic carbocycles. The number of hydrogen-bond donors (Lipinski definition) is 1. The van der Waals surface area contributed by atoms with Crippen LogP contribution in [0.1, 0.15) is 40.0 Å². The van der Waals surface area contributed by atoms with Crippen LogP contribution in [0.4, 0.5) is 0 Å². The van der Waals surface area contributed by atoms with Crippen molar-refractivity contribution < 1.29 is 14.3 Å². The predicted molar refractivity (Wildman–Crippen MR) is 69.0 cm³/mol. The van der Waals surface area contributed by atoms with Crippen LogP contribution in [0.2, 0.25) is 0 Å². The van der Waals surface area contributed by atoms with Crippen molar-refractivity contribution in [2.45, 2.75) is 46.1 Å². The maximum absolute atomic E-state index is 11.7. The Kier molecular flexibility index (Phi) is 3.70. The van der Waals surface area contributed by atoms with Crippen LogP contribution < -0.4 is 5.73 Å². The van der Waals surface area contributed by atoms with Crippen molar-refractivity contribution in [2.24, 2.45) is 22.5 Å². The Morgan fingerprint density at radius 3 is 2.61 bits per heavy atom. The van der Waals surface area contributed by atoms with Gasteiger partial charge in [-0.25, -0.2) is 4.79 Å². The van der Waals surface area contributed by atoms with Crippen LogP contribution >= 0.6 is 0 Å². The minimum Gasteiger partial charge on any atom is -0.460 e. The first kappa shape index (κ1) is 13.8. The number of carbonyl (C=O) groups is 1. The second-order valence-corrected chi connectivity index (χ2v) is 6.43. The third-order valence-electron chi connectivity index (χ3n) is 5.47. The molecule has 4 nitrogen and oxygen atoms in total. The van der Waals surface area contributed by atoms with E-state index in [2.05, 4.69) is 20.8 Å².